The van der Waals surface area contributed by atoms with Gasteiger partial charge in [-0.15, -0.1) is 0 Å². The fourth-order valence-corrected chi connectivity index (χ4v) is 2.39. The summed E-state index contributed by atoms with van der Waals surface area (Å²) in [5.74, 6) is -2.93. The summed E-state index contributed by atoms with van der Waals surface area (Å²) in [5.41, 5.74) is -0.975. The van der Waals surface area contributed by atoms with Crippen LogP contribution in [-0.2, 0) is 19.0 Å². The van der Waals surface area contributed by atoms with E-state index in [-0.39, 0.29) is 45.3 Å². The quantitative estimate of drug-likeness (QED) is 0.296. The van der Waals surface area contributed by atoms with Crippen LogP contribution in [0.15, 0.2) is 23.1 Å². The summed E-state index contributed by atoms with van der Waals surface area (Å²) in [7, 11) is -4.33. The number of rotatable bonds is 9. The SMILES string of the molecule is O=C(O)c1cc(C(=O)O)cc(S(=O)(=O)OCCOCCO)c1.[LiH]. The van der Waals surface area contributed by atoms with E-state index in [0.29, 0.717) is 0 Å². The molecule has 0 radical (unpaired) electrons. The first-order valence-corrected chi connectivity index (χ1v) is 7.38. The molecule has 0 spiro atoms. The molecular formula is C12H15LiO9S. The Morgan fingerprint density at radius 3 is 1.91 bits per heavy atom. The molecule has 0 atom stereocenters. The van der Waals surface area contributed by atoms with Crippen LogP contribution in [0.25, 0.3) is 0 Å². The monoisotopic (exact) mass is 342 g/mol. The van der Waals surface area contributed by atoms with Crippen molar-refractivity contribution < 1.29 is 42.2 Å². The summed E-state index contributed by atoms with van der Waals surface area (Å²) in [6.45, 7) is -0.678. The number of carboxylic acid groups (broad SMARTS) is 2. The van der Waals surface area contributed by atoms with Crippen LogP contribution in [0.3, 0.4) is 0 Å². The Labute approximate surface area is 144 Å². The van der Waals surface area contributed by atoms with Crippen molar-refractivity contribution >= 4 is 40.9 Å². The minimum absolute atomic E-state index is 0. The zero-order valence-electron chi connectivity index (χ0n) is 11.3. The third-order valence-electron chi connectivity index (χ3n) is 2.39. The van der Waals surface area contributed by atoms with Crippen LogP contribution in [0.1, 0.15) is 20.7 Å². The van der Waals surface area contributed by atoms with E-state index < -0.39 is 38.1 Å². The number of carboxylic acids is 2. The molecule has 124 valence electrons. The third-order valence-corrected chi connectivity index (χ3v) is 3.68. The van der Waals surface area contributed by atoms with E-state index in [0.717, 1.165) is 18.2 Å². The molecule has 0 aliphatic rings. The van der Waals surface area contributed by atoms with Gasteiger partial charge in [-0.2, -0.15) is 8.42 Å². The number of ether oxygens (including phenoxy) is 1. The van der Waals surface area contributed by atoms with Gasteiger partial charge in [0.05, 0.1) is 42.4 Å². The summed E-state index contributed by atoms with van der Waals surface area (Å²) in [6, 6.07) is 2.45. The molecule has 9 nitrogen and oxygen atoms in total. The van der Waals surface area contributed by atoms with E-state index in [4.69, 9.17) is 20.1 Å². The fraction of sp³-hybridized carbons (Fsp3) is 0.333. The van der Waals surface area contributed by atoms with Crippen molar-refractivity contribution in [1.29, 1.82) is 0 Å². The minimum atomic E-state index is -4.33. The van der Waals surface area contributed by atoms with Crippen molar-refractivity contribution in [2.24, 2.45) is 0 Å². The van der Waals surface area contributed by atoms with Crippen LogP contribution < -0.4 is 0 Å². The summed E-state index contributed by atoms with van der Waals surface area (Å²) in [5, 5.41) is 26.2. The van der Waals surface area contributed by atoms with E-state index in [1.165, 1.54) is 0 Å². The molecule has 0 saturated heterocycles. The fourth-order valence-electron chi connectivity index (χ4n) is 1.43. The molecule has 1 aromatic carbocycles. The zero-order chi connectivity index (χ0) is 16.8. The van der Waals surface area contributed by atoms with Crippen molar-refractivity contribution in [3.63, 3.8) is 0 Å². The Morgan fingerprint density at radius 2 is 1.48 bits per heavy atom. The zero-order valence-corrected chi connectivity index (χ0v) is 12.1. The van der Waals surface area contributed by atoms with Crippen molar-refractivity contribution in [2.45, 2.75) is 4.90 Å². The summed E-state index contributed by atoms with van der Waals surface area (Å²) < 4.78 is 33.2. The standard InChI is InChI=1S/C12H14O9S.Li.H/c13-1-2-20-3-4-21-22(18,19)10-6-8(11(14)15)5-9(7-10)12(16)17;;/h5-7,13H,1-4H2,(H,14,15)(H,16,17);;. The van der Waals surface area contributed by atoms with Crippen molar-refractivity contribution in [3.05, 3.63) is 29.3 Å². The number of hydrogen-bond donors (Lipinski definition) is 3. The van der Waals surface area contributed by atoms with E-state index in [1.807, 2.05) is 0 Å². The third kappa shape index (κ3) is 6.70. The molecule has 0 heterocycles. The number of benzene rings is 1. The topological polar surface area (TPSA) is 147 Å². The first kappa shape index (κ1) is 21.6. The van der Waals surface area contributed by atoms with Gasteiger partial charge in [0.2, 0.25) is 0 Å². The number of aliphatic hydroxyl groups excluding tert-OH is 1. The van der Waals surface area contributed by atoms with Crippen molar-refractivity contribution in [1.82, 2.24) is 0 Å². The van der Waals surface area contributed by atoms with Crippen LogP contribution in [-0.4, -0.2) is 81.0 Å². The maximum absolute atomic E-state index is 11.9. The van der Waals surface area contributed by atoms with Crippen LogP contribution >= 0.6 is 0 Å². The first-order valence-electron chi connectivity index (χ1n) is 5.97. The Balaban J connectivity index is 0.00000484. The van der Waals surface area contributed by atoms with Gasteiger partial charge in [0.25, 0.3) is 10.1 Å². The first-order chi connectivity index (χ1) is 10.3. The van der Waals surface area contributed by atoms with Gasteiger partial charge in [-0.3, -0.25) is 4.18 Å². The molecule has 3 N–H and O–H groups in total. The number of aromatic carboxylic acids is 2. The van der Waals surface area contributed by atoms with Crippen LogP contribution in [0, 0.1) is 0 Å². The molecule has 1 rings (SSSR count). The number of hydrogen-bond acceptors (Lipinski definition) is 7. The van der Waals surface area contributed by atoms with Gasteiger partial charge in [0.1, 0.15) is 0 Å². The molecule has 11 heteroatoms. The molecule has 0 aliphatic heterocycles. The molecule has 0 fully saturated rings. The average Bonchev–Trinajstić information content (AvgIpc) is 2.46. The van der Waals surface area contributed by atoms with Crippen molar-refractivity contribution in [2.75, 3.05) is 26.4 Å². The van der Waals surface area contributed by atoms with Gasteiger partial charge in [0, 0.05) is 0 Å². The van der Waals surface area contributed by atoms with Gasteiger partial charge >= 0.3 is 30.8 Å². The van der Waals surface area contributed by atoms with E-state index in [1.54, 1.807) is 0 Å². The molecule has 0 unspecified atom stereocenters. The van der Waals surface area contributed by atoms with E-state index >= 15 is 0 Å². The molecule has 23 heavy (non-hydrogen) atoms. The second-order valence-corrected chi connectivity index (χ2v) is 5.58. The molecule has 0 aliphatic carbocycles. The number of aliphatic hydroxyl groups is 1. The molecular weight excluding hydrogens is 327 g/mol. The summed E-state index contributed by atoms with van der Waals surface area (Å²) in [6.07, 6.45) is 0. The van der Waals surface area contributed by atoms with Crippen LogP contribution in [0.4, 0.5) is 0 Å². The van der Waals surface area contributed by atoms with Gasteiger partial charge < -0.3 is 20.1 Å². The van der Waals surface area contributed by atoms with Crippen molar-refractivity contribution in [3.8, 4) is 0 Å². The van der Waals surface area contributed by atoms with Gasteiger partial charge in [-0.1, -0.05) is 0 Å². The second kappa shape index (κ2) is 9.67. The van der Waals surface area contributed by atoms with Gasteiger partial charge in [-0.05, 0) is 18.2 Å². The maximum atomic E-state index is 11.9. The van der Waals surface area contributed by atoms with Crippen LogP contribution in [0.2, 0.25) is 0 Å². The Kier molecular flexibility index (Phi) is 9.07. The Bertz CT molecular complexity index is 624. The Hall–Kier alpha value is -1.41. The predicted molar refractivity (Wildman–Crippen MR) is 78.6 cm³/mol. The normalized spacial score (nSPS) is 10.8. The molecule has 0 saturated carbocycles. The molecule has 1 aromatic rings. The molecule has 0 amide bonds. The van der Waals surface area contributed by atoms with Gasteiger partial charge in [0.15, 0.2) is 0 Å². The average molecular weight is 342 g/mol. The van der Waals surface area contributed by atoms with Crippen LogP contribution in [0.5, 0.6) is 0 Å². The molecule has 0 bridgehead atoms. The number of carbonyl (C=O) groups is 2. The summed E-state index contributed by atoms with van der Waals surface area (Å²) in [4.78, 5) is 21.3. The van der Waals surface area contributed by atoms with E-state index in [2.05, 4.69) is 4.18 Å². The van der Waals surface area contributed by atoms with Gasteiger partial charge in [-0.25, -0.2) is 9.59 Å². The summed E-state index contributed by atoms with van der Waals surface area (Å²) >= 11 is 0. The molecule has 0 aromatic heterocycles. The predicted octanol–water partition coefficient (Wildman–Crippen LogP) is -0.851. The Morgan fingerprint density at radius 1 is 0.957 bits per heavy atom. The second-order valence-electron chi connectivity index (χ2n) is 3.97. The van der Waals surface area contributed by atoms with E-state index in [9.17, 15) is 18.0 Å².